The lowest BCUT2D eigenvalue weighted by Crippen LogP contribution is -2.29. The zero-order valence-electron chi connectivity index (χ0n) is 9.11. The number of hydrogen-bond acceptors (Lipinski definition) is 5. The fourth-order valence-electron chi connectivity index (χ4n) is 1.76. The van der Waals surface area contributed by atoms with Gasteiger partial charge in [0.05, 0.1) is 18.1 Å². The predicted octanol–water partition coefficient (Wildman–Crippen LogP) is -0.284. The van der Waals surface area contributed by atoms with E-state index in [1.54, 1.807) is 24.3 Å². The summed E-state index contributed by atoms with van der Waals surface area (Å²) in [5, 5.41) is 18.4. The maximum Gasteiger partial charge on any atom is 0.156 e. The second kappa shape index (κ2) is 4.64. The molecule has 94 valence electrons. The molecule has 0 aromatic heterocycles. The van der Waals surface area contributed by atoms with Gasteiger partial charge in [-0.05, 0) is 17.7 Å². The molecule has 6 heteroatoms. The summed E-state index contributed by atoms with van der Waals surface area (Å²) >= 11 is 0. The molecule has 0 radical (unpaired) electrons. The molecule has 1 saturated heterocycles. The molecule has 1 aliphatic heterocycles. The smallest absolute Gasteiger partial charge is 0.156 e. The van der Waals surface area contributed by atoms with Gasteiger partial charge in [-0.2, -0.15) is 0 Å². The molecule has 2 atom stereocenters. The van der Waals surface area contributed by atoms with Crippen LogP contribution in [0.1, 0.15) is 5.56 Å². The number of aliphatic hydroxyl groups excluding tert-OH is 2. The minimum Gasteiger partial charge on any atom is -0.487 e. The monoisotopic (exact) mass is 258 g/mol. The van der Waals surface area contributed by atoms with Crippen molar-refractivity contribution in [2.75, 3.05) is 11.5 Å². The van der Waals surface area contributed by atoms with E-state index in [0.717, 1.165) is 5.56 Å². The molecule has 1 aliphatic rings. The van der Waals surface area contributed by atoms with Gasteiger partial charge >= 0.3 is 0 Å². The second-order valence-corrected chi connectivity index (χ2v) is 6.26. The van der Waals surface area contributed by atoms with E-state index >= 15 is 0 Å². The lowest BCUT2D eigenvalue weighted by atomic mass is 10.2. The van der Waals surface area contributed by atoms with Gasteiger partial charge in [0.2, 0.25) is 0 Å². The Morgan fingerprint density at radius 1 is 1.24 bits per heavy atom. The number of hydrogen-bond donors (Lipinski definition) is 2. The molecule has 5 nitrogen and oxygen atoms in total. The van der Waals surface area contributed by atoms with Crippen molar-refractivity contribution in [1.82, 2.24) is 0 Å². The van der Waals surface area contributed by atoms with Gasteiger partial charge in [0, 0.05) is 0 Å². The van der Waals surface area contributed by atoms with Crippen LogP contribution in [-0.4, -0.2) is 42.3 Å². The summed E-state index contributed by atoms with van der Waals surface area (Å²) in [6, 6.07) is 6.66. The Balaban J connectivity index is 2.06. The summed E-state index contributed by atoms with van der Waals surface area (Å²) in [4.78, 5) is 0. The Bertz CT molecular complexity index is 479. The third-order valence-corrected chi connectivity index (χ3v) is 4.35. The number of rotatable bonds is 3. The standard InChI is InChI=1S/C11H14O5S/c12-5-8-1-3-9(4-2-8)16-11-7-17(14,15)6-10(11)13/h1-4,10-13H,5-7H2. The van der Waals surface area contributed by atoms with Crippen LogP contribution in [0.3, 0.4) is 0 Å². The van der Waals surface area contributed by atoms with Crippen LogP contribution in [0.4, 0.5) is 0 Å². The van der Waals surface area contributed by atoms with Gasteiger partial charge in [0.15, 0.2) is 9.84 Å². The first-order valence-electron chi connectivity index (χ1n) is 5.25. The first-order valence-corrected chi connectivity index (χ1v) is 7.07. The van der Waals surface area contributed by atoms with Gasteiger partial charge < -0.3 is 14.9 Å². The summed E-state index contributed by atoms with van der Waals surface area (Å²) in [5.41, 5.74) is 0.747. The Kier molecular flexibility index (Phi) is 3.37. The van der Waals surface area contributed by atoms with E-state index in [4.69, 9.17) is 9.84 Å². The maximum absolute atomic E-state index is 11.3. The molecule has 0 aliphatic carbocycles. The molecule has 1 aromatic rings. The zero-order chi connectivity index (χ0) is 12.5. The molecular weight excluding hydrogens is 244 g/mol. The molecule has 17 heavy (non-hydrogen) atoms. The highest BCUT2D eigenvalue weighted by Gasteiger charge is 2.38. The molecule has 0 spiro atoms. The largest absolute Gasteiger partial charge is 0.487 e. The van der Waals surface area contributed by atoms with Gasteiger partial charge in [-0.1, -0.05) is 12.1 Å². The van der Waals surface area contributed by atoms with E-state index < -0.39 is 22.0 Å². The van der Waals surface area contributed by atoms with Crippen molar-refractivity contribution in [1.29, 1.82) is 0 Å². The van der Waals surface area contributed by atoms with E-state index in [9.17, 15) is 13.5 Å². The van der Waals surface area contributed by atoms with E-state index in [1.165, 1.54) is 0 Å². The normalized spacial score (nSPS) is 26.9. The van der Waals surface area contributed by atoms with E-state index in [0.29, 0.717) is 5.75 Å². The molecule has 0 amide bonds. The van der Waals surface area contributed by atoms with Crippen molar-refractivity contribution in [2.24, 2.45) is 0 Å². The average molecular weight is 258 g/mol. The van der Waals surface area contributed by atoms with Crippen molar-refractivity contribution < 1.29 is 23.4 Å². The van der Waals surface area contributed by atoms with Crippen molar-refractivity contribution in [3.05, 3.63) is 29.8 Å². The first-order chi connectivity index (χ1) is 8.00. The molecule has 1 fully saturated rings. The fraction of sp³-hybridized carbons (Fsp3) is 0.455. The highest BCUT2D eigenvalue weighted by Crippen LogP contribution is 2.20. The van der Waals surface area contributed by atoms with Crippen molar-refractivity contribution in [2.45, 2.75) is 18.8 Å². The molecule has 1 heterocycles. The summed E-state index contributed by atoms with van der Waals surface area (Å²) in [6.07, 6.45) is -1.68. The minimum absolute atomic E-state index is 0.0548. The highest BCUT2D eigenvalue weighted by molar-refractivity contribution is 7.91. The third-order valence-electron chi connectivity index (χ3n) is 2.67. The molecule has 2 unspecified atom stereocenters. The minimum atomic E-state index is -3.19. The maximum atomic E-state index is 11.3. The van der Waals surface area contributed by atoms with E-state index in [1.807, 2.05) is 0 Å². The summed E-state index contributed by atoms with van der Waals surface area (Å²) in [7, 11) is -3.19. The van der Waals surface area contributed by atoms with Crippen LogP contribution in [0, 0.1) is 0 Å². The Morgan fingerprint density at radius 3 is 2.35 bits per heavy atom. The second-order valence-electron chi connectivity index (χ2n) is 4.10. The number of aliphatic hydroxyl groups is 2. The summed E-state index contributed by atoms with van der Waals surface area (Å²) in [6.45, 7) is -0.0548. The fourth-order valence-corrected chi connectivity index (χ4v) is 3.42. The molecule has 0 bridgehead atoms. The Labute approximate surface area is 99.6 Å². The van der Waals surface area contributed by atoms with Gasteiger partial charge in [-0.25, -0.2) is 8.42 Å². The quantitative estimate of drug-likeness (QED) is 0.778. The van der Waals surface area contributed by atoms with Crippen molar-refractivity contribution in [3.8, 4) is 5.75 Å². The van der Waals surface area contributed by atoms with Crippen LogP contribution in [0.2, 0.25) is 0 Å². The first kappa shape index (κ1) is 12.3. The molecule has 0 saturated carbocycles. The van der Waals surface area contributed by atoms with Crippen LogP contribution >= 0.6 is 0 Å². The summed E-state index contributed by atoms with van der Waals surface area (Å²) < 4.78 is 27.9. The lowest BCUT2D eigenvalue weighted by Gasteiger charge is -2.15. The van der Waals surface area contributed by atoms with E-state index in [-0.39, 0.29) is 18.1 Å². The number of ether oxygens (including phenoxy) is 1. The molecule has 2 rings (SSSR count). The van der Waals surface area contributed by atoms with Crippen LogP contribution in [-0.2, 0) is 16.4 Å². The molecular formula is C11H14O5S. The molecule has 2 N–H and O–H groups in total. The lowest BCUT2D eigenvalue weighted by molar-refractivity contribution is 0.0738. The Hall–Kier alpha value is -1.11. The van der Waals surface area contributed by atoms with Crippen molar-refractivity contribution >= 4 is 9.84 Å². The SMILES string of the molecule is O=S1(=O)CC(O)C(Oc2ccc(CO)cc2)C1. The van der Waals surface area contributed by atoms with Crippen LogP contribution in [0.25, 0.3) is 0 Å². The van der Waals surface area contributed by atoms with Gasteiger partial charge in [0.1, 0.15) is 18.0 Å². The van der Waals surface area contributed by atoms with Gasteiger partial charge in [-0.15, -0.1) is 0 Å². The topological polar surface area (TPSA) is 83.8 Å². The summed E-state index contributed by atoms with van der Waals surface area (Å²) in [5.74, 6) is 0.0887. The average Bonchev–Trinajstić information content (AvgIpc) is 2.53. The molecule has 1 aromatic carbocycles. The van der Waals surface area contributed by atoms with Crippen molar-refractivity contribution in [3.63, 3.8) is 0 Å². The number of benzene rings is 1. The third kappa shape index (κ3) is 2.96. The zero-order valence-corrected chi connectivity index (χ0v) is 9.93. The highest BCUT2D eigenvalue weighted by atomic mass is 32.2. The predicted molar refractivity (Wildman–Crippen MR) is 61.4 cm³/mol. The van der Waals surface area contributed by atoms with Crippen LogP contribution < -0.4 is 4.74 Å². The van der Waals surface area contributed by atoms with Gasteiger partial charge in [-0.3, -0.25) is 0 Å². The van der Waals surface area contributed by atoms with Crippen LogP contribution in [0.15, 0.2) is 24.3 Å². The number of sulfone groups is 1. The Morgan fingerprint density at radius 2 is 1.88 bits per heavy atom. The van der Waals surface area contributed by atoms with Gasteiger partial charge in [0.25, 0.3) is 0 Å². The van der Waals surface area contributed by atoms with E-state index in [2.05, 4.69) is 0 Å². The van der Waals surface area contributed by atoms with Crippen LogP contribution in [0.5, 0.6) is 5.75 Å².